The molecule has 0 aliphatic carbocycles. The van der Waals surface area contributed by atoms with Crippen LogP contribution in [0.25, 0.3) is 0 Å². The van der Waals surface area contributed by atoms with E-state index in [2.05, 4.69) is 16.0 Å². The number of ether oxygens (including phenoxy) is 6. The van der Waals surface area contributed by atoms with Crippen molar-refractivity contribution in [1.29, 1.82) is 0 Å². The highest BCUT2D eigenvalue weighted by atomic mass is 16.6. The van der Waals surface area contributed by atoms with Crippen molar-refractivity contribution in [2.45, 2.75) is 13.3 Å². The zero-order valence-corrected chi connectivity index (χ0v) is 18.2. The van der Waals surface area contributed by atoms with Crippen molar-refractivity contribution in [3.63, 3.8) is 0 Å². The SMILES string of the molecule is CCC(COCCOC(=O)NC)(COCCOC(=O)NC)COCCOC(=O)NC. The van der Waals surface area contributed by atoms with E-state index < -0.39 is 23.7 Å². The van der Waals surface area contributed by atoms with Crippen molar-refractivity contribution < 1.29 is 42.8 Å². The molecule has 0 saturated heterocycles. The van der Waals surface area contributed by atoms with E-state index in [1.807, 2.05) is 6.92 Å². The van der Waals surface area contributed by atoms with Gasteiger partial charge in [-0.05, 0) is 6.42 Å². The van der Waals surface area contributed by atoms with Crippen molar-refractivity contribution in [3.05, 3.63) is 0 Å². The van der Waals surface area contributed by atoms with E-state index in [4.69, 9.17) is 28.4 Å². The molecule has 0 aliphatic rings. The summed E-state index contributed by atoms with van der Waals surface area (Å²) >= 11 is 0. The first-order chi connectivity index (χ1) is 14.4. The molecule has 0 heterocycles. The molecule has 0 atom stereocenters. The normalized spacial score (nSPS) is 10.8. The highest BCUT2D eigenvalue weighted by Crippen LogP contribution is 2.24. The van der Waals surface area contributed by atoms with E-state index in [9.17, 15) is 14.4 Å². The van der Waals surface area contributed by atoms with Gasteiger partial charge in [0, 0.05) is 26.6 Å². The molecule has 0 unspecified atom stereocenters. The van der Waals surface area contributed by atoms with Crippen LogP contribution in [0.5, 0.6) is 0 Å². The fourth-order valence-electron chi connectivity index (χ4n) is 2.09. The van der Waals surface area contributed by atoms with Crippen LogP contribution in [0.15, 0.2) is 0 Å². The van der Waals surface area contributed by atoms with Gasteiger partial charge in [-0.25, -0.2) is 14.4 Å². The molecule has 12 nitrogen and oxygen atoms in total. The monoisotopic (exact) mass is 437 g/mol. The summed E-state index contributed by atoms with van der Waals surface area (Å²) in [6.07, 6.45) is -0.909. The maximum atomic E-state index is 11.1. The zero-order valence-electron chi connectivity index (χ0n) is 18.2. The second kappa shape index (κ2) is 17.5. The van der Waals surface area contributed by atoms with E-state index in [1.165, 1.54) is 21.1 Å². The number of carbonyl (C=O) groups is 3. The first kappa shape index (κ1) is 27.7. The molecule has 0 aromatic rings. The molecule has 3 amide bonds. The number of hydrogen-bond acceptors (Lipinski definition) is 9. The van der Waals surface area contributed by atoms with E-state index in [1.54, 1.807) is 0 Å². The third kappa shape index (κ3) is 13.8. The molecule has 0 spiro atoms. The molecule has 0 bridgehead atoms. The van der Waals surface area contributed by atoms with Crippen LogP contribution in [0.1, 0.15) is 13.3 Å². The van der Waals surface area contributed by atoms with E-state index in [-0.39, 0.29) is 39.6 Å². The number of rotatable bonds is 16. The third-order valence-corrected chi connectivity index (χ3v) is 3.97. The van der Waals surface area contributed by atoms with Gasteiger partial charge in [0.25, 0.3) is 0 Å². The van der Waals surface area contributed by atoms with Crippen molar-refractivity contribution >= 4 is 18.3 Å². The maximum absolute atomic E-state index is 11.1. The van der Waals surface area contributed by atoms with Crippen molar-refractivity contribution in [1.82, 2.24) is 16.0 Å². The van der Waals surface area contributed by atoms with Crippen LogP contribution in [0.2, 0.25) is 0 Å². The molecule has 12 heteroatoms. The van der Waals surface area contributed by atoms with Crippen LogP contribution in [-0.2, 0) is 28.4 Å². The minimum Gasteiger partial charge on any atom is -0.447 e. The Morgan fingerprint density at radius 1 is 0.600 bits per heavy atom. The quantitative estimate of drug-likeness (QED) is 0.232. The lowest BCUT2D eigenvalue weighted by Crippen LogP contribution is -2.38. The van der Waals surface area contributed by atoms with Gasteiger partial charge in [0.1, 0.15) is 19.8 Å². The highest BCUT2D eigenvalue weighted by molar-refractivity contribution is 5.67. The van der Waals surface area contributed by atoms with Crippen molar-refractivity contribution in [3.8, 4) is 0 Å². The Bertz CT molecular complexity index is 427. The molecular formula is C18H35N3O9. The van der Waals surface area contributed by atoms with Gasteiger partial charge in [0.15, 0.2) is 0 Å². The van der Waals surface area contributed by atoms with Crippen LogP contribution >= 0.6 is 0 Å². The lowest BCUT2D eigenvalue weighted by atomic mass is 9.88. The first-order valence-corrected chi connectivity index (χ1v) is 9.69. The van der Waals surface area contributed by atoms with Gasteiger partial charge in [0.05, 0.1) is 39.6 Å². The Labute approximate surface area is 177 Å². The molecule has 0 aliphatic heterocycles. The minimum atomic E-state index is -0.528. The van der Waals surface area contributed by atoms with Crippen LogP contribution in [-0.4, -0.2) is 98.9 Å². The summed E-state index contributed by atoms with van der Waals surface area (Å²) < 4.78 is 31.6. The Hall–Kier alpha value is -2.31. The molecule has 0 radical (unpaired) electrons. The van der Waals surface area contributed by atoms with Crippen LogP contribution < -0.4 is 16.0 Å². The van der Waals surface area contributed by atoms with Gasteiger partial charge in [-0.3, -0.25) is 0 Å². The lowest BCUT2D eigenvalue weighted by Gasteiger charge is -2.32. The summed E-state index contributed by atoms with van der Waals surface area (Å²) in [5, 5.41) is 7.05. The molecule has 3 N–H and O–H groups in total. The second-order valence-corrected chi connectivity index (χ2v) is 6.17. The second-order valence-electron chi connectivity index (χ2n) is 6.17. The number of alkyl carbamates (subject to hydrolysis) is 3. The van der Waals surface area contributed by atoms with Gasteiger partial charge in [-0.15, -0.1) is 0 Å². The van der Waals surface area contributed by atoms with Crippen LogP contribution in [0, 0.1) is 5.41 Å². The minimum absolute atomic E-state index is 0.112. The topological polar surface area (TPSA) is 143 Å². The number of hydrogen-bond donors (Lipinski definition) is 3. The van der Waals surface area contributed by atoms with Crippen molar-refractivity contribution in [2.24, 2.45) is 5.41 Å². The third-order valence-electron chi connectivity index (χ3n) is 3.97. The van der Waals surface area contributed by atoms with Gasteiger partial charge in [-0.2, -0.15) is 0 Å². The van der Waals surface area contributed by atoms with Crippen molar-refractivity contribution in [2.75, 3.05) is 80.6 Å². The highest BCUT2D eigenvalue weighted by Gasteiger charge is 2.30. The number of amides is 3. The Morgan fingerprint density at radius 2 is 0.900 bits per heavy atom. The summed E-state index contributed by atoms with van der Waals surface area (Å²) in [7, 11) is 4.42. The average Bonchev–Trinajstić information content (AvgIpc) is 2.76. The predicted molar refractivity (Wildman–Crippen MR) is 106 cm³/mol. The largest absolute Gasteiger partial charge is 0.447 e. The Morgan fingerprint density at radius 3 is 1.13 bits per heavy atom. The van der Waals surface area contributed by atoms with Gasteiger partial charge >= 0.3 is 18.3 Å². The van der Waals surface area contributed by atoms with Gasteiger partial charge < -0.3 is 44.4 Å². The summed E-state index contributed by atoms with van der Waals surface area (Å²) in [4.78, 5) is 33.2. The van der Waals surface area contributed by atoms with E-state index in [0.717, 1.165) is 0 Å². The zero-order chi connectivity index (χ0) is 22.7. The molecule has 0 aromatic carbocycles. The molecule has 0 aromatic heterocycles. The van der Waals surface area contributed by atoms with Gasteiger partial charge in [0.2, 0.25) is 0 Å². The lowest BCUT2D eigenvalue weighted by molar-refractivity contribution is -0.0824. The fourth-order valence-corrected chi connectivity index (χ4v) is 2.09. The summed E-state index contributed by atoms with van der Waals surface area (Å²) in [6.45, 7) is 3.86. The summed E-state index contributed by atoms with van der Waals surface area (Å²) in [5.41, 5.74) is -0.479. The first-order valence-electron chi connectivity index (χ1n) is 9.69. The Balaban J connectivity index is 4.47. The predicted octanol–water partition coefficient (Wildman–Crippen LogP) is 0.501. The molecule has 0 rings (SSSR count). The van der Waals surface area contributed by atoms with E-state index in [0.29, 0.717) is 26.2 Å². The average molecular weight is 437 g/mol. The van der Waals surface area contributed by atoms with Gasteiger partial charge in [-0.1, -0.05) is 6.92 Å². The summed E-state index contributed by atoms with van der Waals surface area (Å²) in [6, 6.07) is 0. The van der Waals surface area contributed by atoms with Crippen LogP contribution in [0.3, 0.4) is 0 Å². The fraction of sp³-hybridized carbons (Fsp3) is 0.833. The Kier molecular flexibility index (Phi) is 16.2. The molecule has 176 valence electrons. The molecule has 0 fully saturated rings. The standard InChI is InChI=1S/C18H35N3O9/c1-5-18(12-25-6-9-28-15(22)19-2,13-26-7-10-29-16(23)20-3)14-27-8-11-30-17(24)21-4/h5-14H2,1-4H3,(H,19,22)(H,20,23)(H,21,24). The van der Waals surface area contributed by atoms with Crippen LogP contribution in [0.4, 0.5) is 14.4 Å². The molecule has 30 heavy (non-hydrogen) atoms. The molecule has 0 saturated carbocycles. The van der Waals surface area contributed by atoms with E-state index >= 15 is 0 Å². The maximum Gasteiger partial charge on any atom is 0.406 e. The number of carbonyl (C=O) groups excluding carboxylic acids is 3. The molecular weight excluding hydrogens is 402 g/mol. The number of nitrogens with one attached hydrogen (secondary N) is 3. The summed E-state index contributed by atoms with van der Waals surface area (Å²) in [5.74, 6) is 0. The smallest absolute Gasteiger partial charge is 0.406 e.